The second-order valence-corrected chi connectivity index (χ2v) is 5.14. The largest absolute Gasteiger partial charge is 0.313 e. The number of aryl methyl sites for hydroxylation is 1. The van der Waals surface area contributed by atoms with Crippen molar-refractivity contribution in [3.05, 3.63) is 16.1 Å². The van der Waals surface area contributed by atoms with Crippen molar-refractivity contribution in [1.82, 2.24) is 15.2 Å². The van der Waals surface area contributed by atoms with Crippen LogP contribution in [-0.2, 0) is 6.42 Å². The van der Waals surface area contributed by atoms with E-state index in [2.05, 4.69) is 48.5 Å². The van der Waals surface area contributed by atoms with Gasteiger partial charge in [-0.15, -0.1) is 11.3 Å². The monoisotopic (exact) mass is 227 g/mol. The molecule has 0 fully saturated rings. The number of rotatable bonds is 6. The van der Waals surface area contributed by atoms with Gasteiger partial charge in [-0.05, 0) is 27.6 Å². The summed E-state index contributed by atoms with van der Waals surface area (Å²) in [6, 6.07) is 0.506. The van der Waals surface area contributed by atoms with E-state index in [9.17, 15) is 0 Å². The van der Waals surface area contributed by atoms with Crippen LogP contribution in [0.1, 0.15) is 17.6 Å². The molecule has 0 radical (unpaired) electrons. The quantitative estimate of drug-likeness (QED) is 0.799. The Kier molecular flexibility index (Phi) is 5.22. The minimum atomic E-state index is 0.506. The highest BCUT2D eigenvalue weighted by Gasteiger charge is 2.11. The molecule has 0 saturated heterocycles. The van der Waals surface area contributed by atoms with Gasteiger partial charge in [0, 0.05) is 24.4 Å². The SMILES string of the molecule is CCNC(Cc1csc(C)n1)CN(C)C. The van der Waals surface area contributed by atoms with Crippen molar-refractivity contribution >= 4 is 11.3 Å². The number of nitrogens with one attached hydrogen (secondary N) is 1. The van der Waals surface area contributed by atoms with Gasteiger partial charge in [-0.3, -0.25) is 0 Å². The Labute approximate surface area is 96.5 Å². The first-order valence-electron chi connectivity index (χ1n) is 5.41. The Morgan fingerprint density at radius 2 is 2.27 bits per heavy atom. The zero-order chi connectivity index (χ0) is 11.3. The third-order valence-corrected chi connectivity index (χ3v) is 3.02. The molecule has 1 rings (SSSR count). The predicted octanol–water partition coefficient (Wildman–Crippen LogP) is 1.53. The van der Waals surface area contributed by atoms with Crippen LogP contribution in [0.25, 0.3) is 0 Å². The highest BCUT2D eigenvalue weighted by atomic mass is 32.1. The Balaban J connectivity index is 2.50. The number of hydrogen-bond donors (Lipinski definition) is 1. The predicted molar refractivity (Wildman–Crippen MR) is 66.6 cm³/mol. The summed E-state index contributed by atoms with van der Waals surface area (Å²) >= 11 is 1.73. The minimum Gasteiger partial charge on any atom is -0.313 e. The van der Waals surface area contributed by atoms with Crippen LogP contribution in [0.5, 0.6) is 0 Å². The molecule has 0 aliphatic heterocycles. The maximum absolute atomic E-state index is 4.50. The number of aromatic nitrogens is 1. The highest BCUT2D eigenvalue weighted by Crippen LogP contribution is 2.10. The molecular formula is C11H21N3S. The third kappa shape index (κ3) is 4.73. The zero-order valence-electron chi connectivity index (χ0n) is 10.1. The fourth-order valence-electron chi connectivity index (χ4n) is 1.69. The van der Waals surface area contributed by atoms with E-state index in [4.69, 9.17) is 0 Å². The molecule has 1 heterocycles. The average Bonchev–Trinajstić information content (AvgIpc) is 2.50. The lowest BCUT2D eigenvalue weighted by Gasteiger charge is -2.20. The Hall–Kier alpha value is -0.450. The first-order chi connectivity index (χ1) is 7.11. The fourth-order valence-corrected chi connectivity index (χ4v) is 2.31. The van der Waals surface area contributed by atoms with Crippen LogP contribution in [0.3, 0.4) is 0 Å². The van der Waals surface area contributed by atoms with Gasteiger partial charge < -0.3 is 10.2 Å². The first kappa shape index (κ1) is 12.6. The standard InChI is InChI=1S/C11H21N3S/c1-5-12-10(7-14(3)4)6-11-8-15-9(2)13-11/h8,10,12H,5-7H2,1-4H3. The van der Waals surface area contributed by atoms with E-state index in [1.54, 1.807) is 11.3 Å². The summed E-state index contributed by atoms with van der Waals surface area (Å²) in [6.07, 6.45) is 1.02. The van der Waals surface area contributed by atoms with Crippen LogP contribution in [0.15, 0.2) is 5.38 Å². The van der Waals surface area contributed by atoms with Gasteiger partial charge in [0.2, 0.25) is 0 Å². The molecule has 1 unspecified atom stereocenters. The minimum absolute atomic E-state index is 0.506. The molecule has 3 nitrogen and oxygen atoms in total. The van der Waals surface area contributed by atoms with Crippen LogP contribution in [0.4, 0.5) is 0 Å². The number of thiazole rings is 1. The van der Waals surface area contributed by atoms with Crippen LogP contribution < -0.4 is 5.32 Å². The van der Waals surface area contributed by atoms with Gasteiger partial charge >= 0.3 is 0 Å². The molecule has 0 saturated carbocycles. The van der Waals surface area contributed by atoms with Gasteiger partial charge in [-0.1, -0.05) is 6.92 Å². The first-order valence-corrected chi connectivity index (χ1v) is 6.29. The molecule has 0 amide bonds. The summed E-state index contributed by atoms with van der Waals surface area (Å²) in [5.41, 5.74) is 1.21. The van der Waals surface area contributed by atoms with Crippen LogP contribution in [-0.4, -0.2) is 43.1 Å². The van der Waals surface area contributed by atoms with E-state index < -0.39 is 0 Å². The molecule has 15 heavy (non-hydrogen) atoms. The molecule has 86 valence electrons. The maximum atomic E-state index is 4.50. The van der Waals surface area contributed by atoms with Gasteiger partial charge in [0.15, 0.2) is 0 Å². The lowest BCUT2D eigenvalue weighted by molar-refractivity contribution is 0.338. The van der Waals surface area contributed by atoms with Crippen molar-refractivity contribution in [2.24, 2.45) is 0 Å². The molecule has 0 spiro atoms. The van der Waals surface area contributed by atoms with E-state index in [-0.39, 0.29) is 0 Å². The second-order valence-electron chi connectivity index (χ2n) is 4.08. The van der Waals surface area contributed by atoms with Gasteiger partial charge in [0.25, 0.3) is 0 Å². The smallest absolute Gasteiger partial charge is 0.0897 e. The highest BCUT2D eigenvalue weighted by molar-refractivity contribution is 7.09. The molecule has 0 aromatic carbocycles. The van der Waals surface area contributed by atoms with E-state index in [1.165, 1.54) is 5.69 Å². The van der Waals surface area contributed by atoms with Gasteiger partial charge in [0.05, 0.1) is 10.7 Å². The second kappa shape index (κ2) is 6.20. The molecule has 1 aromatic heterocycles. The lowest BCUT2D eigenvalue weighted by Crippen LogP contribution is -2.39. The van der Waals surface area contributed by atoms with Gasteiger partial charge in [0.1, 0.15) is 0 Å². The topological polar surface area (TPSA) is 28.2 Å². The summed E-state index contributed by atoms with van der Waals surface area (Å²) in [6.45, 7) is 6.28. The van der Waals surface area contributed by atoms with Crippen molar-refractivity contribution in [3.63, 3.8) is 0 Å². The van der Waals surface area contributed by atoms with Crippen molar-refractivity contribution in [1.29, 1.82) is 0 Å². The average molecular weight is 227 g/mol. The molecule has 0 aliphatic rings. The van der Waals surface area contributed by atoms with E-state index in [1.807, 2.05) is 0 Å². The van der Waals surface area contributed by atoms with E-state index >= 15 is 0 Å². The van der Waals surface area contributed by atoms with E-state index in [0.29, 0.717) is 6.04 Å². The van der Waals surface area contributed by atoms with Gasteiger partial charge in [-0.2, -0.15) is 0 Å². The molecule has 4 heteroatoms. The third-order valence-electron chi connectivity index (χ3n) is 2.20. The maximum Gasteiger partial charge on any atom is 0.0897 e. The van der Waals surface area contributed by atoms with Crippen molar-refractivity contribution in [2.45, 2.75) is 26.3 Å². The molecule has 1 aromatic rings. The van der Waals surface area contributed by atoms with E-state index in [0.717, 1.165) is 24.5 Å². The molecule has 1 atom stereocenters. The number of hydrogen-bond acceptors (Lipinski definition) is 4. The van der Waals surface area contributed by atoms with Crippen molar-refractivity contribution < 1.29 is 0 Å². The normalized spacial score (nSPS) is 13.4. The van der Waals surface area contributed by atoms with Crippen LogP contribution >= 0.6 is 11.3 Å². The Morgan fingerprint density at radius 1 is 1.53 bits per heavy atom. The lowest BCUT2D eigenvalue weighted by atomic mass is 10.1. The molecule has 1 N–H and O–H groups in total. The van der Waals surface area contributed by atoms with Crippen LogP contribution in [0.2, 0.25) is 0 Å². The zero-order valence-corrected chi connectivity index (χ0v) is 10.9. The summed E-state index contributed by atoms with van der Waals surface area (Å²) < 4.78 is 0. The summed E-state index contributed by atoms with van der Waals surface area (Å²) in [5, 5.41) is 6.81. The Morgan fingerprint density at radius 3 is 2.73 bits per heavy atom. The summed E-state index contributed by atoms with van der Waals surface area (Å²) in [5.74, 6) is 0. The fraction of sp³-hybridized carbons (Fsp3) is 0.727. The summed E-state index contributed by atoms with van der Waals surface area (Å²) in [4.78, 5) is 6.71. The molecular weight excluding hydrogens is 206 g/mol. The Bertz CT molecular complexity index is 283. The van der Waals surface area contributed by atoms with Crippen molar-refractivity contribution in [2.75, 3.05) is 27.2 Å². The number of likely N-dealkylation sites (N-methyl/N-ethyl adjacent to an activating group) is 2. The van der Waals surface area contributed by atoms with Crippen molar-refractivity contribution in [3.8, 4) is 0 Å². The molecule has 0 aliphatic carbocycles. The van der Waals surface area contributed by atoms with Gasteiger partial charge in [-0.25, -0.2) is 4.98 Å². The molecule has 0 bridgehead atoms. The number of nitrogens with zero attached hydrogens (tertiary/aromatic N) is 2. The van der Waals surface area contributed by atoms with Crippen LogP contribution in [0, 0.1) is 6.92 Å². The summed E-state index contributed by atoms with van der Waals surface area (Å²) in [7, 11) is 4.22.